The fourth-order valence-corrected chi connectivity index (χ4v) is 4.22. The molecule has 5 rings (SSSR count). The zero-order valence-electron chi connectivity index (χ0n) is 19.2. The van der Waals surface area contributed by atoms with Gasteiger partial charge in [-0.1, -0.05) is 36.4 Å². The van der Waals surface area contributed by atoms with E-state index in [1.165, 1.54) is 5.69 Å². The summed E-state index contributed by atoms with van der Waals surface area (Å²) in [4.78, 5) is 14.2. The fraction of sp³-hybridized carbons (Fsp3) is 0.259. The second kappa shape index (κ2) is 9.46. The fourth-order valence-electron chi connectivity index (χ4n) is 4.22. The summed E-state index contributed by atoms with van der Waals surface area (Å²) in [5, 5.41) is 4.42. The van der Waals surface area contributed by atoms with E-state index in [9.17, 15) is 0 Å². The first kappa shape index (κ1) is 21.2. The van der Waals surface area contributed by atoms with Crippen LogP contribution in [0.5, 0.6) is 5.75 Å². The van der Waals surface area contributed by atoms with Crippen molar-refractivity contribution in [3.8, 4) is 16.9 Å². The number of benzene rings is 3. The van der Waals surface area contributed by atoms with Crippen molar-refractivity contribution >= 4 is 28.2 Å². The highest BCUT2D eigenvalue weighted by Gasteiger charge is 2.15. The Hall–Kier alpha value is -3.64. The Morgan fingerprint density at radius 3 is 2.52 bits per heavy atom. The van der Waals surface area contributed by atoms with Gasteiger partial charge in [-0.3, -0.25) is 0 Å². The van der Waals surface area contributed by atoms with Gasteiger partial charge in [0.25, 0.3) is 0 Å². The topological polar surface area (TPSA) is 53.5 Å². The second-order valence-corrected chi connectivity index (χ2v) is 8.36. The summed E-state index contributed by atoms with van der Waals surface area (Å²) in [6, 6.07) is 22.8. The SMILES string of the molecule is CCOc1ccc(-c2cccc3cnc(Nc4cccc(N5CCN(C)CC5)c4)nc23)cc1. The number of para-hydroxylation sites is 1. The predicted octanol–water partition coefficient (Wildman–Crippen LogP) is 5.19. The first-order chi connectivity index (χ1) is 16.2. The molecule has 33 heavy (non-hydrogen) atoms. The Bertz CT molecular complexity index is 1230. The van der Waals surface area contributed by atoms with Crippen LogP contribution in [0.4, 0.5) is 17.3 Å². The van der Waals surface area contributed by atoms with Gasteiger partial charge in [-0.2, -0.15) is 0 Å². The molecule has 0 saturated carbocycles. The van der Waals surface area contributed by atoms with E-state index in [0.717, 1.165) is 59.6 Å². The van der Waals surface area contributed by atoms with Crippen molar-refractivity contribution in [3.63, 3.8) is 0 Å². The van der Waals surface area contributed by atoms with Crippen LogP contribution in [-0.4, -0.2) is 54.7 Å². The van der Waals surface area contributed by atoms with Crippen LogP contribution in [0, 0.1) is 0 Å². The zero-order valence-corrected chi connectivity index (χ0v) is 19.2. The van der Waals surface area contributed by atoms with Crippen LogP contribution in [0.15, 0.2) is 72.9 Å². The Morgan fingerprint density at radius 1 is 0.939 bits per heavy atom. The maximum absolute atomic E-state index is 5.59. The van der Waals surface area contributed by atoms with Gasteiger partial charge in [-0.15, -0.1) is 0 Å². The highest BCUT2D eigenvalue weighted by Crippen LogP contribution is 2.30. The molecule has 0 amide bonds. The summed E-state index contributed by atoms with van der Waals surface area (Å²) in [5.74, 6) is 1.47. The van der Waals surface area contributed by atoms with Crippen molar-refractivity contribution in [3.05, 3.63) is 72.9 Å². The molecule has 1 aliphatic rings. The van der Waals surface area contributed by atoms with Crippen LogP contribution in [0.2, 0.25) is 0 Å². The third-order valence-electron chi connectivity index (χ3n) is 6.06. The number of nitrogens with zero attached hydrogens (tertiary/aromatic N) is 4. The number of anilines is 3. The van der Waals surface area contributed by atoms with Crippen LogP contribution < -0.4 is 15.0 Å². The zero-order chi connectivity index (χ0) is 22.6. The average molecular weight is 440 g/mol. The summed E-state index contributed by atoms with van der Waals surface area (Å²) >= 11 is 0. The van der Waals surface area contributed by atoms with Crippen molar-refractivity contribution < 1.29 is 4.74 Å². The van der Waals surface area contributed by atoms with Crippen LogP contribution in [0.25, 0.3) is 22.0 Å². The molecule has 0 spiro atoms. The van der Waals surface area contributed by atoms with Crippen molar-refractivity contribution in [1.29, 1.82) is 0 Å². The van der Waals surface area contributed by atoms with E-state index >= 15 is 0 Å². The third-order valence-corrected chi connectivity index (χ3v) is 6.06. The lowest BCUT2D eigenvalue weighted by Crippen LogP contribution is -2.44. The molecule has 1 saturated heterocycles. The molecule has 3 aromatic carbocycles. The average Bonchev–Trinajstić information content (AvgIpc) is 2.85. The Kier molecular flexibility index (Phi) is 6.09. The molecule has 1 aliphatic heterocycles. The van der Waals surface area contributed by atoms with Crippen molar-refractivity contribution in [2.75, 3.05) is 50.1 Å². The van der Waals surface area contributed by atoms with Crippen molar-refractivity contribution in [1.82, 2.24) is 14.9 Å². The lowest BCUT2D eigenvalue weighted by Gasteiger charge is -2.34. The van der Waals surface area contributed by atoms with Crippen molar-refractivity contribution in [2.24, 2.45) is 0 Å². The maximum atomic E-state index is 5.59. The molecule has 0 bridgehead atoms. The molecule has 0 atom stereocenters. The van der Waals surface area contributed by atoms with Crippen LogP contribution >= 0.6 is 0 Å². The first-order valence-corrected chi connectivity index (χ1v) is 11.5. The number of rotatable bonds is 6. The number of ether oxygens (including phenoxy) is 1. The molecular weight excluding hydrogens is 410 g/mol. The number of piperazine rings is 1. The number of nitrogens with one attached hydrogen (secondary N) is 1. The molecule has 6 heteroatoms. The van der Waals surface area contributed by atoms with Gasteiger partial charge in [0.05, 0.1) is 12.1 Å². The van der Waals surface area contributed by atoms with E-state index in [-0.39, 0.29) is 0 Å². The molecule has 1 N–H and O–H groups in total. The lowest BCUT2D eigenvalue weighted by atomic mass is 10.0. The van der Waals surface area contributed by atoms with Gasteiger partial charge >= 0.3 is 0 Å². The highest BCUT2D eigenvalue weighted by molar-refractivity contribution is 5.94. The summed E-state index contributed by atoms with van der Waals surface area (Å²) in [7, 11) is 2.17. The van der Waals surface area contributed by atoms with E-state index in [1.807, 2.05) is 37.4 Å². The number of fused-ring (bicyclic) bond motifs is 1. The summed E-state index contributed by atoms with van der Waals surface area (Å²) < 4.78 is 5.59. The molecule has 0 aliphatic carbocycles. The number of hydrogen-bond acceptors (Lipinski definition) is 6. The van der Waals surface area contributed by atoms with E-state index in [2.05, 4.69) is 69.6 Å². The van der Waals surface area contributed by atoms with Gasteiger partial charge in [-0.05, 0) is 49.9 Å². The van der Waals surface area contributed by atoms with Gasteiger partial charge in [0.1, 0.15) is 5.75 Å². The number of likely N-dealkylation sites (N-methyl/N-ethyl adjacent to an activating group) is 1. The van der Waals surface area contributed by atoms with E-state index in [1.54, 1.807) is 0 Å². The van der Waals surface area contributed by atoms with Gasteiger partial charge in [0, 0.05) is 54.7 Å². The van der Waals surface area contributed by atoms with Gasteiger partial charge in [-0.25, -0.2) is 9.97 Å². The number of aromatic nitrogens is 2. The third kappa shape index (κ3) is 4.76. The van der Waals surface area contributed by atoms with E-state index in [4.69, 9.17) is 9.72 Å². The molecule has 2 heterocycles. The predicted molar refractivity (Wildman–Crippen MR) is 136 cm³/mol. The molecule has 168 valence electrons. The number of hydrogen-bond donors (Lipinski definition) is 1. The molecule has 6 nitrogen and oxygen atoms in total. The Morgan fingerprint density at radius 2 is 1.73 bits per heavy atom. The van der Waals surface area contributed by atoms with Crippen LogP contribution in [0.3, 0.4) is 0 Å². The van der Waals surface area contributed by atoms with Gasteiger partial charge in [0.2, 0.25) is 5.95 Å². The minimum absolute atomic E-state index is 0.594. The van der Waals surface area contributed by atoms with Gasteiger partial charge < -0.3 is 19.9 Å². The summed E-state index contributed by atoms with van der Waals surface area (Å²) in [6.07, 6.45) is 1.88. The molecule has 1 aromatic heterocycles. The Balaban J connectivity index is 1.42. The molecular formula is C27H29N5O. The maximum Gasteiger partial charge on any atom is 0.227 e. The van der Waals surface area contributed by atoms with Gasteiger partial charge in [0.15, 0.2) is 0 Å². The minimum Gasteiger partial charge on any atom is -0.494 e. The van der Waals surface area contributed by atoms with Crippen LogP contribution in [0.1, 0.15) is 6.92 Å². The first-order valence-electron chi connectivity index (χ1n) is 11.5. The summed E-state index contributed by atoms with van der Waals surface area (Å²) in [6.45, 7) is 6.89. The highest BCUT2D eigenvalue weighted by atomic mass is 16.5. The van der Waals surface area contributed by atoms with E-state index < -0.39 is 0 Å². The second-order valence-electron chi connectivity index (χ2n) is 8.36. The quantitative estimate of drug-likeness (QED) is 0.446. The molecule has 0 unspecified atom stereocenters. The normalized spacial score (nSPS) is 14.4. The smallest absolute Gasteiger partial charge is 0.227 e. The Labute approximate surface area is 194 Å². The summed E-state index contributed by atoms with van der Waals surface area (Å²) in [5.41, 5.74) is 5.32. The molecule has 4 aromatic rings. The minimum atomic E-state index is 0.594. The van der Waals surface area contributed by atoms with E-state index in [0.29, 0.717) is 12.6 Å². The lowest BCUT2D eigenvalue weighted by molar-refractivity contribution is 0.313. The monoisotopic (exact) mass is 439 g/mol. The largest absolute Gasteiger partial charge is 0.494 e. The molecule has 0 radical (unpaired) electrons. The van der Waals surface area contributed by atoms with Crippen LogP contribution in [-0.2, 0) is 0 Å². The molecule has 1 fully saturated rings. The standard InChI is InChI=1S/C27H29N5O/c1-3-33-24-12-10-20(11-13-24)25-9-4-6-21-19-28-27(30-26(21)25)29-22-7-5-8-23(18-22)32-16-14-31(2)15-17-32/h4-13,18-19H,3,14-17H2,1-2H3,(H,28,29,30). The van der Waals surface area contributed by atoms with Crippen molar-refractivity contribution in [2.45, 2.75) is 6.92 Å².